The lowest BCUT2D eigenvalue weighted by Gasteiger charge is -2.05. The third kappa shape index (κ3) is 2.90. The number of nitrogen functional groups attached to an aromatic ring is 1. The summed E-state index contributed by atoms with van der Waals surface area (Å²) in [6, 6.07) is 7.60. The van der Waals surface area contributed by atoms with E-state index in [2.05, 4.69) is 20.6 Å². The number of ether oxygens (including phenoxy) is 1. The van der Waals surface area contributed by atoms with E-state index in [-0.39, 0.29) is 11.6 Å². The number of hydrogen-bond acceptors (Lipinski definition) is 9. The molecule has 3 aromatic rings. The standard InChI is InChI=1S/C13H11N7O4/c1-23-12-6-8(20(21)22)2-4-10(12)11-5-3-9(24-11)7-15-19-13(14)16-17-18-19/h2-7H,1H3,(H2,14,16,18)/b15-7+. The topological polar surface area (TPSA) is 147 Å². The quantitative estimate of drug-likeness (QED) is 0.418. The molecule has 0 saturated carbocycles. The molecule has 0 spiro atoms. The Morgan fingerprint density at radius 3 is 2.92 bits per heavy atom. The summed E-state index contributed by atoms with van der Waals surface area (Å²) in [7, 11) is 1.42. The molecule has 0 radical (unpaired) electrons. The van der Waals surface area contributed by atoms with Crippen molar-refractivity contribution in [2.24, 2.45) is 5.10 Å². The van der Waals surface area contributed by atoms with Crippen molar-refractivity contribution in [1.29, 1.82) is 0 Å². The molecule has 122 valence electrons. The number of non-ortho nitro benzene ring substituents is 1. The molecule has 0 aliphatic rings. The summed E-state index contributed by atoms with van der Waals surface area (Å²) in [5.41, 5.74) is 5.99. The molecule has 0 fully saturated rings. The van der Waals surface area contributed by atoms with E-state index in [0.29, 0.717) is 22.8 Å². The van der Waals surface area contributed by atoms with Gasteiger partial charge >= 0.3 is 0 Å². The van der Waals surface area contributed by atoms with Crippen LogP contribution in [0.4, 0.5) is 11.6 Å². The number of methoxy groups -OCH3 is 1. The molecule has 0 saturated heterocycles. The van der Waals surface area contributed by atoms with Crippen LogP contribution in [0.1, 0.15) is 5.76 Å². The second kappa shape index (κ2) is 6.16. The third-order valence-corrected chi connectivity index (χ3v) is 3.06. The summed E-state index contributed by atoms with van der Waals surface area (Å²) < 4.78 is 10.8. The number of nitrogens with zero attached hydrogens (tertiary/aromatic N) is 6. The van der Waals surface area contributed by atoms with Crippen LogP contribution in [-0.4, -0.2) is 38.6 Å². The molecule has 24 heavy (non-hydrogen) atoms. The molecule has 2 N–H and O–H groups in total. The summed E-state index contributed by atoms with van der Waals surface area (Å²) >= 11 is 0. The second-order valence-electron chi connectivity index (χ2n) is 4.51. The van der Waals surface area contributed by atoms with Crippen molar-refractivity contribution < 1.29 is 14.1 Å². The molecule has 0 amide bonds. The summed E-state index contributed by atoms with van der Waals surface area (Å²) in [6.07, 6.45) is 1.38. The Morgan fingerprint density at radius 1 is 1.42 bits per heavy atom. The van der Waals surface area contributed by atoms with E-state index in [1.165, 1.54) is 25.5 Å². The average Bonchev–Trinajstić information content (AvgIpc) is 3.21. The van der Waals surface area contributed by atoms with Crippen molar-refractivity contribution in [1.82, 2.24) is 20.3 Å². The van der Waals surface area contributed by atoms with E-state index in [9.17, 15) is 10.1 Å². The first-order valence-electron chi connectivity index (χ1n) is 6.59. The number of aromatic nitrogens is 4. The van der Waals surface area contributed by atoms with Crippen LogP contribution in [0.25, 0.3) is 11.3 Å². The monoisotopic (exact) mass is 329 g/mol. The van der Waals surface area contributed by atoms with E-state index in [0.717, 1.165) is 4.79 Å². The SMILES string of the molecule is COc1cc([N+](=O)[O-])ccc1-c1ccc(/C=N/n2nnnc2N)o1. The van der Waals surface area contributed by atoms with Gasteiger partial charge in [0.15, 0.2) is 0 Å². The van der Waals surface area contributed by atoms with Gasteiger partial charge in [-0.25, -0.2) is 0 Å². The minimum atomic E-state index is -0.497. The van der Waals surface area contributed by atoms with Crippen LogP contribution in [0.15, 0.2) is 39.9 Å². The Labute approximate surface area is 134 Å². The smallest absolute Gasteiger partial charge is 0.273 e. The summed E-state index contributed by atoms with van der Waals surface area (Å²) in [5.74, 6) is 1.25. The Hall–Kier alpha value is -3.76. The van der Waals surface area contributed by atoms with Crippen molar-refractivity contribution in [2.45, 2.75) is 0 Å². The lowest BCUT2D eigenvalue weighted by molar-refractivity contribution is -0.384. The predicted octanol–water partition coefficient (Wildman–Crippen LogP) is 1.31. The number of nitrogens with two attached hydrogens (primary N) is 1. The third-order valence-electron chi connectivity index (χ3n) is 3.06. The number of benzene rings is 1. The van der Waals surface area contributed by atoms with E-state index in [1.807, 2.05) is 0 Å². The Morgan fingerprint density at radius 2 is 2.25 bits per heavy atom. The molecule has 0 unspecified atom stereocenters. The zero-order chi connectivity index (χ0) is 17.1. The van der Waals surface area contributed by atoms with E-state index >= 15 is 0 Å². The highest BCUT2D eigenvalue weighted by Gasteiger charge is 2.15. The first-order chi connectivity index (χ1) is 11.6. The van der Waals surface area contributed by atoms with Gasteiger partial charge in [-0.2, -0.15) is 5.10 Å². The van der Waals surface area contributed by atoms with E-state index in [1.54, 1.807) is 18.2 Å². The normalized spacial score (nSPS) is 11.0. The van der Waals surface area contributed by atoms with Crippen LogP contribution in [0.2, 0.25) is 0 Å². The molecular formula is C13H11N7O4. The fraction of sp³-hybridized carbons (Fsp3) is 0.0769. The van der Waals surface area contributed by atoms with Crippen molar-refractivity contribution in [3.63, 3.8) is 0 Å². The van der Waals surface area contributed by atoms with Crippen LogP contribution < -0.4 is 10.5 Å². The Bertz CT molecular complexity index is 915. The Balaban J connectivity index is 1.89. The van der Waals surface area contributed by atoms with Gasteiger partial charge in [0.1, 0.15) is 17.3 Å². The van der Waals surface area contributed by atoms with Crippen molar-refractivity contribution in [3.8, 4) is 17.1 Å². The minimum absolute atomic E-state index is 0.0371. The average molecular weight is 329 g/mol. The highest BCUT2D eigenvalue weighted by Crippen LogP contribution is 2.33. The summed E-state index contributed by atoms with van der Waals surface area (Å²) in [6.45, 7) is 0. The molecule has 11 heteroatoms. The molecule has 0 aliphatic heterocycles. The summed E-state index contributed by atoms with van der Waals surface area (Å²) in [4.78, 5) is 11.4. The molecule has 11 nitrogen and oxygen atoms in total. The highest BCUT2D eigenvalue weighted by molar-refractivity contribution is 5.78. The number of rotatable bonds is 5. The minimum Gasteiger partial charge on any atom is -0.496 e. The lowest BCUT2D eigenvalue weighted by Crippen LogP contribution is -1.99. The molecule has 0 atom stereocenters. The second-order valence-corrected chi connectivity index (χ2v) is 4.51. The number of nitro benzene ring substituents is 1. The zero-order valence-electron chi connectivity index (χ0n) is 12.4. The molecule has 0 aliphatic carbocycles. The van der Waals surface area contributed by atoms with Gasteiger partial charge in [-0.15, -0.1) is 0 Å². The maximum Gasteiger partial charge on any atom is 0.273 e. The number of anilines is 1. The van der Waals surface area contributed by atoms with Crippen molar-refractivity contribution >= 4 is 17.9 Å². The number of furan rings is 1. The number of nitro groups is 1. The van der Waals surface area contributed by atoms with Gasteiger partial charge in [0.05, 0.1) is 29.9 Å². The molecule has 3 rings (SSSR count). The maximum atomic E-state index is 10.8. The Kier molecular flexibility index (Phi) is 3.89. The predicted molar refractivity (Wildman–Crippen MR) is 82.6 cm³/mol. The van der Waals surface area contributed by atoms with Gasteiger partial charge in [0.25, 0.3) is 11.6 Å². The van der Waals surface area contributed by atoms with Gasteiger partial charge in [-0.3, -0.25) is 10.1 Å². The largest absolute Gasteiger partial charge is 0.496 e. The van der Waals surface area contributed by atoms with Crippen LogP contribution in [-0.2, 0) is 0 Å². The van der Waals surface area contributed by atoms with E-state index < -0.39 is 4.92 Å². The molecule has 0 bridgehead atoms. The maximum absolute atomic E-state index is 10.8. The first kappa shape index (κ1) is 15.1. The lowest BCUT2D eigenvalue weighted by atomic mass is 10.1. The van der Waals surface area contributed by atoms with Gasteiger partial charge in [-0.1, -0.05) is 9.89 Å². The van der Waals surface area contributed by atoms with Gasteiger partial charge < -0.3 is 14.9 Å². The fourth-order valence-corrected chi connectivity index (χ4v) is 1.95. The first-order valence-corrected chi connectivity index (χ1v) is 6.59. The van der Waals surface area contributed by atoms with Crippen LogP contribution >= 0.6 is 0 Å². The molecule has 2 aromatic heterocycles. The zero-order valence-corrected chi connectivity index (χ0v) is 12.4. The van der Waals surface area contributed by atoms with Gasteiger partial charge in [0.2, 0.25) is 0 Å². The van der Waals surface area contributed by atoms with E-state index in [4.69, 9.17) is 14.9 Å². The molecule has 2 heterocycles. The van der Waals surface area contributed by atoms with Crippen molar-refractivity contribution in [2.75, 3.05) is 12.8 Å². The number of tetrazole rings is 1. The molecule has 1 aromatic carbocycles. The van der Waals surface area contributed by atoms with Crippen LogP contribution in [0.5, 0.6) is 5.75 Å². The number of hydrogen-bond donors (Lipinski definition) is 1. The van der Waals surface area contributed by atoms with Gasteiger partial charge in [0, 0.05) is 6.07 Å². The van der Waals surface area contributed by atoms with Crippen LogP contribution in [0, 0.1) is 10.1 Å². The molecular weight excluding hydrogens is 318 g/mol. The van der Waals surface area contributed by atoms with Crippen molar-refractivity contribution in [3.05, 3.63) is 46.2 Å². The van der Waals surface area contributed by atoms with Crippen LogP contribution in [0.3, 0.4) is 0 Å². The fourth-order valence-electron chi connectivity index (χ4n) is 1.95. The highest BCUT2D eigenvalue weighted by atomic mass is 16.6. The van der Waals surface area contributed by atoms with Gasteiger partial charge in [-0.05, 0) is 28.6 Å². The summed E-state index contributed by atoms with van der Waals surface area (Å²) in [5, 5.41) is 25.2.